The van der Waals surface area contributed by atoms with E-state index in [1.165, 1.54) is 11.3 Å². The van der Waals surface area contributed by atoms with Crippen molar-refractivity contribution in [1.82, 2.24) is 10.3 Å². The second-order valence-electron chi connectivity index (χ2n) is 5.77. The molecule has 0 saturated carbocycles. The number of hydrogen-bond acceptors (Lipinski definition) is 3. The van der Waals surface area contributed by atoms with Crippen molar-refractivity contribution in [3.8, 4) is 0 Å². The number of aromatic amines is 1. The van der Waals surface area contributed by atoms with Crippen molar-refractivity contribution in [2.75, 3.05) is 0 Å². The molecule has 0 amide bonds. The van der Waals surface area contributed by atoms with Gasteiger partial charge in [0, 0.05) is 40.8 Å². The first kappa shape index (κ1) is 13.1. The second-order valence-corrected chi connectivity index (χ2v) is 5.77. The normalized spacial score (nSPS) is 18.4. The number of non-ortho nitro benzene ring substituents is 1. The Morgan fingerprint density at radius 1 is 1.45 bits per heavy atom. The summed E-state index contributed by atoms with van der Waals surface area (Å²) in [6.45, 7) is 4.28. The fourth-order valence-electron chi connectivity index (χ4n) is 3.13. The number of fused-ring (bicyclic) bond motifs is 3. The molecular weight excluding hydrogens is 254 g/mol. The highest BCUT2D eigenvalue weighted by Crippen LogP contribution is 2.36. The van der Waals surface area contributed by atoms with E-state index >= 15 is 0 Å². The van der Waals surface area contributed by atoms with Gasteiger partial charge in [0.05, 0.1) is 4.92 Å². The lowest BCUT2D eigenvalue weighted by molar-refractivity contribution is -0.384. The van der Waals surface area contributed by atoms with E-state index < -0.39 is 0 Å². The molecule has 5 heteroatoms. The highest BCUT2D eigenvalue weighted by atomic mass is 16.6. The highest BCUT2D eigenvalue weighted by Gasteiger charge is 2.25. The van der Waals surface area contributed by atoms with E-state index in [-0.39, 0.29) is 10.6 Å². The third-order valence-electron chi connectivity index (χ3n) is 3.94. The molecule has 2 aromatic rings. The molecular formula is C15H19N3O2. The Morgan fingerprint density at radius 3 is 2.95 bits per heavy atom. The van der Waals surface area contributed by atoms with E-state index in [1.807, 2.05) is 6.07 Å². The Kier molecular flexibility index (Phi) is 3.22. The van der Waals surface area contributed by atoms with Crippen molar-refractivity contribution < 1.29 is 4.92 Å². The molecule has 106 valence electrons. The van der Waals surface area contributed by atoms with Crippen LogP contribution in [0.4, 0.5) is 5.69 Å². The van der Waals surface area contributed by atoms with Crippen molar-refractivity contribution >= 4 is 16.6 Å². The number of nitro benzene ring substituents is 1. The van der Waals surface area contributed by atoms with Crippen LogP contribution in [0.25, 0.3) is 10.9 Å². The van der Waals surface area contributed by atoms with E-state index in [0.29, 0.717) is 12.1 Å². The molecule has 2 N–H and O–H groups in total. The lowest BCUT2D eigenvalue weighted by atomic mass is 9.91. The van der Waals surface area contributed by atoms with Gasteiger partial charge in [-0.1, -0.05) is 13.8 Å². The van der Waals surface area contributed by atoms with E-state index in [0.717, 1.165) is 30.2 Å². The lowest BCUT2D eigenvalue weighted by Gasteiger charge is -2.25. The predicted molar refractivity (Wildman–Crippen MR) is 78.9 cm³/mol. The number of nitrogens with one attached hydrogen (secondary N) is 2. The number of aryl methyl sites for hydroxylation is 1. The number of aromatic nitrogens is 1. The third-order valence-corrected chi connectivity index (χ3v) is 3.94. The second kappa shape index (κ2) is 4.90. The Hall–Kier alpha value is -1.88. The Labute approximate surface area is 117 Å². The van der Waals surface area contributed by atoms with Crippen molar-refractivity contribution in [2.24, 2.45) is 0 Å². The molecule has 5 nitrogen and oxygen atoms in total. The van der Waals surface area contributed by atoms with Crippen molar-refractivity contribution in [3.05, 3.63) is 39.6 Å². The topological polar surface area (TPSA) is 71.0 Å². The molecule has 1 heterocycles. The molecule has 1 aromatic carbocycles. The average molecular weight is 273 g/mol. The number of nitro groups is 1. The summed E-state index contributed by atoms with van der Waals surface area (Å²) in [4.78, 5) is 14.1. The Bertz CT molecular complexity index is 660. The molecule has 0 spiro atoms. The summed E-state index contributed by atoms with van der Waals surface area (Å²) in [5.74, 6) is 0. The maximum absolute atomic E-state index is 10.9. The average Bonchev–Trinajstić information content (AvgIpc) is 2.77. The first-order valence-corrected chi connectivity index (χ1v) is 7.11. The standard InChI is InChI=1S/C15H19N3O2/c1-9(2)16-14-5-3-4-11-12-8-10(18(19)20)6-7-13(12)17-15(11)14/h6-9,14,16-17H,3-5H2,1-2H3/t14-/m0/s1. The molecule has 20 heavy (non-hydrogen) atoms. The van der Waals surface area contributed by atoms with Crippen LogP contribution in [0, 0.1) is 10.1 Å². The fraction of sp³-hybridized carbons (Fsp3) is 0.467. The van der Waals surface area contributed by atoms with Crippen LogP contribution in [0.15, 0.2) is 18.2 Å². The van der Waals surface area contributed by atoms with Gasteiger partial charge in [0.2, 0.25) is 0 Å². The zero-order chi connectivity index (χ0) is 14.3. The molecule has 1 aliphatic rings. The first-order chi connectivity index (χ1) is 9.56. The van der Waals surface area contributed by atoms with Gasteiger partial charge in [-0.15, -0.1) is 0 Å². The Morgan fingerprint density at radius 2 is 2.25 bits per heavy atom. The molecule has 0 unspecified atom stereocenters. The van der Waals surface area contributed by atoms with Gasteiger partial charge in [0.1, 0.15) is 0 Å². The summed E-state index contributed by atoms with van der Waals surface area (Å²) in [5, 5.41) is 15.5. The molecule has 0 fully saturated rings. The SMILES string of the molecule is CC(C)N[C@H]1CCCc2c1[nH]c1ccc([N+](=O)[O-])cc21. The van der Waals surface area contributed by atoms with Gasteiger partial charge >= 0.3 is 0 Å². The summed E-state index contributed by atoms with van der Waals surface area (Å²) in [6, 6.07) is 5.83. The van der Waals surface area contributed by atoms with Crippen LogP contribution in [0.3, 0.4) is 0 Å². The maximum Gasteiger partial charge on any atom is 0.270 e. The summed E-state index contributed by atoms with van der Waals surface area (Å²) >= 11 is 0. The number of H-pyrrole nitrogens is 1. The zero-order valence-electron chi connectivity index (χ0n) is 11.8. The molecule has 0 saturated heterocycles. The van der Waals surface area contributed by atoms with Gasteiger partial charge in [-0.3, -0.25) is 10.1 Å². The molecule has 3 rings (SSSR count). The van der Waals surface area contributed by atoms with Crippen LogP contribution in [0.1, 0.15) is 44.0 Å². The highest BCUT2D eigenvalue weighted by molar-refractivity contribution is 5.87. The largest absolute Gasteiger partial charge is 0.357 e. The van der Waals surface area contributed by atoms with E-state index in [9.17, 15) is 10.1 Å². The summed E-state index contributed by atoms with van der Waals surface area (Å²) < 4.78 is 0. The van der Waals surface area contributed by atoms with E-state index in [4.69, 9.17) is 0 Å². The summed E-state index contributed by atoms with van der Waals surface area (Å²) in [6.07, 6.45) is 3.22. The Balaban J connectivity index is 2.10. The summed E-state index contributed by atoms with van der Waals surface area (Å²) in [5.41, 5.74) is 3.62. The van der Waals surface area contributed by atoms with Gasteiger partial charge in [-0.05, 0) is 30.9 Å². The number of benzene rings is 1. The van der Waals surface area contributed by atoms with Crippen molar-refractivity contribution in [3.63, 3.8) is 0 Å². The summed E-state index contributed by atoms with van der Waals surface area (Å²) in [7, 11) is 0. The van der Waals surface area contributed by atoms with Crippen LogP contribution in [-0.2, 0) is 6.42 Å². The predicted octanol–water partition coefficient (Wildman–Crippen LogP) is 3.45. The van der Waals surface area contributed by atoms with Crippen LogP contribution in [-0.4, -0.2) is 15.9 Å². The minimum absolute atomic E-state index is 0.165. The van der Waals surface area contributed by atoms with Gasteiger partial charge < -0.3 is 10.3 Å². The monoisotopic (exact) mass is 273 g/mol. The van der Waals surface area contributed by atoms with E-state index in [2.05, 4.69) is 24.1 Å². The molecule has 0 bridgehead atoms. The van der Waals surface area contributed by atoms with Gasteiger partial charge in [-0.25, -0.2) is 0 Å². The number of rotatable bonds is 3. The quantitative estimate of drug-likeness (QED) is 0.664. The minimum Gasteiger partial charge on any atom is -0.357 e. The van der Waals surface area contributed by atoms with Gasteiger partial charge in [-0.2, -0.15) is 0 Å². The zero-order valence-corrected chi connectivity index (χ0v) is 11.8. The molecule has 0 radical (unpaired) electrons. The lowest BCUT2D eigenvalue weighted by Crippen LogP contribution is -2.30. The van der Waals surface area contributed by atoms with Crippen LogP contribution in [0.5, 0.6) is 0 Å². The minimum atomic E-state index is -0.328. The van der Waals surface area contributed by atoms with Crippen molar-refractivity contribution in [1.29, 1.82) is 0 Å². The molecule has 1 atom stereocenters. The van der Waals surface area contributed by atoms with Crippen LogP contribution in [0.2, 0.25) is 0 Å². The third kappa shape index (κ3) is 2.18. The number of hydrogen-bond donors (Lipinski definition) is 2. The maximum atomic E-state index is 10.9. The fourth-order valence-corrected chi connectivity index (χ4v) is 3.13. The van der Waals surface area contributed by atoms with Gasteiger partial charge in [0.25, 0.3) is 5.69 Å². The molecule has 1 aromatic heterocycles. The molecule has 0 aliphatic heterocycles. The number of nitrogens with zero attached hydrogens (tertiary/aromatic N) is 1. The smallest absolute Gasteiger partial charge is 0.270 e. The van der Waals surface area contributed by atoms with Crippen LogP contribution < -0.4 is 5.32 Å². The van der Waals surface area contributed by atoms with E-state index in [1.54, 1.807) is 12.1 Å². The van der Waals surface area contributed by atoms with Gasteiger partial charge in [0.15, 0.2) is 0 Å². The van der Waals surface area contributed by atoms with Crippen molar-refractivity contribution in [2.45, 2.75) is 45.2 Å². The van der Waals surface area contributed by atoms with Crippen LogP contribution >= 0.6 is 0 Å². The molecule has 1 aliphatic carbocycles. The first-order valence-electron chi connectivity index (χ1n) is 7.11.